The van der Waals surface area contributed by atoms with Crippen molar-refractivity contribution in [1.29, 1.82) is 0 Å². The van der Waals surface area contributed by atoms with Crippen LogP contribution in [0.1, 0.15) is 24.2 Å². The van der Waals surface area contributed by atoms with Gasteiger partial charge >= 0.3 is 0 Å². The molecule has 5 heteroatoms. The van der Waals surface area contributed by atoms with E-state index in [9.17, 15) is 8.78 Å². The zero-order chi connectivity index (χ0) is 13.2. The number of halogens is 2. The van der Waals surface area contributed by atoms with Crippen LogP contribution in [0.15, 0.2) is 30.6 Å². The normalized spacial score (nSPS) is 14.8. The Hall–Kier alpha value is -1.75. The number of nitrogens with one attached hydrogen (secondary N) is 1. The van der Waals surface area contributed by atoms with Crippen LogP contribution in [0.3, 0.4) is 0 Å². The van der Waals surface area contributed by atoms with E-state index in [1.165, 1.54) is 18.9 Å². The molecule has 19 heavy (non-hydrogen) atoms. The van der Waals surface area contributed by atoms with Gasteiger partial charge in [0.1, 0.15) is 5.82 Å². The zero-order valence-electron chi connectivity index (χ0n) is 10.4. The first-order valence-corrected chi connectivity index (χ1v) is 6.40. The van der Waals surface area contributed by atoms with Crippen molar-refractivity contribution >= 4 is 0 Å². The van der Waals surface area contributed by atoms with Gasteiger partial charge in [-0.25, -0.2) is 13.8 Å². The highest BCUT2D eigenvalue weighted by molar-refractivity contribution is 5.18. The molecule has 3 rings (SSSR count). The third-order valence-electron chi connectivity index (χ3n) is 3.26. The number of aromatic nitrogens is 2. The Morgan fingerprint density at radius 1 is 1.26 bits per heavy atom. The van der Waals surface area contributed by atoms with Crippen LogP contribution < -0.4 is 5.32 Å². The molecule has 100 valence electrons. The maximum Gasteiger partial charge on any atom is 0.159 e. The topological polar surface area (TPSA) is 29.9 Å². The minimum absolute atomic E-state index is 0.499. The molecule has 0 amide bonds. The van der Waals surface area contributed by atoms with E-state index in [0.29, 0.717) is 19.1 Å². The summed E-state index contributed by atoms with van der Waals surface area (Å²) < 4.78 is 28.0. The number of hydrogen-bond donors (Lipinski definition) is 1. The van der Waals surface area contributed by atoms with Crippen LogP contribution in [0.2, 0.25) is 0 Å². The first-order chi connectivity index (χ1) is 9.22. The molecule has 0 aliphatic heterocycles. The van der Waals surface area contributed by atoms with E-state index in [4.69, 9.17) is 0 Å². The Morgan fingerprint density at radius 3 is 2.84 bits per heavy atom. The van der Waals surface area contributed by atoms with Crippen molar-refractivity contribution in [3.8, 4) is 0 Å². The third kappa shape index (κ3) is 2.98. The van der Waals surface area contributed by atoms with Crippen molar-refractivity contribution in [2.45, 2.75) is 32.0 Å². The maximum absolute atomic E-state index is 13.2. The predicted molar refractivity (Wildman–Crippen MR) is 67.5 cm³/mol. The lowest BCUT2D eigenvalue weighted by molar-refractivity contribution is 0.506. The molecule has 1 fully saturated rings. The molecule has 1 N–H and O–H groups in total. The molecule has 0 unspecified atom stereocenters. The van der Waals surface area contributed by atoms with Crippen LogP contribution in [-0.2, 0) is 13.1 Å². The quantitative estimate of drug-likeness (QED) is 0.898. The van der Waals surface area contributed by atoms with E-state index in [-0.39, 0.29) is 0 Å². The van der Waals surface area contributed by atoms with Gasteiger partial charge in [-0.1, -0.05) is 6.07 Å². The summed E-state index contributed by atoms with van der Waals surface area (Å²) in [5, 5.41) is 3.39. The fourth-order valence-electron chi connectivity index (χ4n) is 2.01. The van der Waals surface area contributed by atoms with Crippen LogP contribution in [-0.4, -0.2) is 15.6 Å². The van der Waals surface area contributed by atoms with Gasteiger partial charge in [0.15, 0.2) is 11.6 Å². The summed E-state index contributed by atoms with van der Waals surface area (Å²) >= 11 is 0. The Labute approximate surface area is 110 Å². The molecule has 3 nitrogen and oxygen atoms in total. The van der Waals surface area contributed by atoms with Crippen molar-refractivity contribution < 1.29 is 8.78 Å². The Kier molecular flexibility index (Phi) is 3.29. The average Bonchev–Trinajstić information content (AvgIpc) is 3.12. The van der Waals surface area contributed by atoms with Crippen molar-refractivity contribution in [3.63, 3.8) is 0 Å². The standard InChI is InChI=1S/C14H15F2N3/c15-12-4-1-10(7-13(12)16)9-19-6-5-17-14(19)8-18-11-2-3-11/h1,4-7,11,18H,2-3,8-9H2. The highest BCUT2D eigenvalue weighted by Crippen LogP contribution is 2.19. The maximum atomic E-state index is 13.2. The third-order valence-corrected chi connectivity index (χ3v) is 3.26. The Bertz CT molecular complexity index is 576. The van der Waals surface area contributed by atoms with Crippen molar-refractivity contribution in [2.75, 3.05) is 0 Å². The van der Waals surface area contributed by atoms with E-state index in [1.54, 1.807) is 12.3 Å². The van der Waals surface area contributed by atoms with Gasteiger partial charge in [0.05, 0.1) is 6.54 Å². The van der Waals surface area contributed by atoms with Gasteiger partial charge in [0.2, 0.25) is 0 Å². The van der Waals surface area contributed by atoms with Crippen LogP contribution >= 0.6 is 0 Å². The van der Waals surface area contributed by atoms with Crippen molar-refractivity contribution in [3.05, 3.63) is 53.6 Å². The molecule has 0 spiro atoms. The SMILES string of the molecule is Fc1ccc(Cn2ccnc2CNC2CC2)cc1F. The van der Waals surface area contributed by atoms with Crippen LogP contribution in [0, 0.1) is 11.6 Å². The first kappa shape index (κ1) is 12.3. The second kappa shape index (κ2) is 5.09. The molecule has 0 atom stereocenters. The van der Waals surface area contributed by atoms with Crippen LogP contribution in [0.4, 0.5) is 8.78 Å². The van der Waals surface area contributed by atoms with Gasteiger partial charge in [0, 0.05) is 25.0 Å². The highest BCUT2D eigenvalue weighted by Gasteiger charge is 2.20. The minimum atomic E-state index is -0.815. The minimum Gasteiger partial charge on any atom is -0.329 e. The summed E-state index contributed by atoms with van der Waals surface area (Å²) in [6.07, 6.45) is 6.03. The molecular weight excluding hydrogens is 248 g/mol. The van der Waals surface area contributed by atoms with Crippen molar-refractivity contribution in [2.24, 2.45) is 0 Å². The lowest BCUT2D eigenvalue weighted by Crippen LogP contribution is -2.19. The summed E-state index contributed by atoms with van der Waals surface area (Å²) in [5.41, 5.74) is 0.726. The molecule has 1 heterocycles. The summed E-state index contributed by atoms with van der Waals surface area (Å²) in [6.45, 7) is 1.21. The molecule has 2 aromatic rings. The number of rotatable bonds is 5. The summed E-state index contributed by atoms with van der Waals surface area (Å²) in [7, 11) is 0. The fourth-order valence-corrected chi connectivity index (χ4v) is 2.01. The van der Waals surface area contributed by atoms with Gasteiger partial charge in [-0.2, -0.15) is 0 Å². The second-order valence-corrected chi connectivity index (χ2v) is 4.88. The zero-order valence-corrected chi connectivity index (χ0v) is 10.4. The van der Waals surface area contributed by atoms with E-state index in [2.05, 4.69) is 10.3 Å². The molecule has 0 saturated heterocycles. The van der Waals surface area contributed by atoms with Crippen LogP contribution in [0.25, 0.3) is 0 Å². The van der Waals surface area contributed by atoms with E-state index >= 15 is 0 Å². The molecule has 1 aromatic heterocycles. The molecule has 0 bridgehead atoms. The first-order valence-electron chi connectivity index (χ1n) is 6.40. The summed E-state index contributed by atoms with van der Waals surface area (Å²) in [5.74, 6) is -0.711. The fraction of sp³-hybridized carbons (Fsp3) is 0.357. The molecule has 1 aromatic carbocycles. The Balaban J connectivity index is 1.71. The molecule has 0 radical (unpaired) electrons. The van der Waals surface area contributed by atoms with Crippen LogP contribution in [0.5, 0.6) is 0 Å². The second-order valence-electron chi connectivity index (χ2n) is 4.88. The van der Waals surface area contributed by atoms with E-state index < -0.39 is 11.6 Å². The van der Waals surface area contributed by atoms with Gasteiger partial charge in [-0.3, -0.25) is 0 Å². The Morgan fingerprint density at radius 2 is 2.11 bits per heavy atom. The number of benzene rings is 1. The molecule has 1 aliphatic carbocycles. The number of hydrogen-bond acceptors (Lipinski definition) is 2. The van der Waals surface area contributed by atoms with Gasteiger partial charge in [-0.05, 0) is 30.5 Å². The molecule has 1 saturated carbocycles. The smallest absolute Gasteiger partial charge is 0.159 e. The lowest BCUT2D eigenvalue weighted by Gasteiger charge is -2.09. The number of imidazole rings is 1. The van der Waals surface area contributed by atoms with Gasteiger partial charge in [0.25, 0.3) is 0 Å². The predicted octanol–water partition coefficient (Wildman–Crippen LogP) is 2.46. The highest BCUT2D eigenvalue weighted by atomic mass is 19.2. The summed E-state index contributed by atoms with van der Waals surface area (Å²) in [6, 6.07) is 4.60. The average molecular weight is 263 g/mol. The van der Waals surface area contributed by atoms with E-state index in [1.807, 2.05) is 10.8 Å². The monoisotopic (exact) mass is 263 g/mol. The van der Waals surface area contributed by atoms with Gasteiger partial charge < -0.3 is 9.88 Å². The number of nitrogens with zero attached hydrogens (tertiary/aromatic N) is 2. The largest absolute Gasteiger partial charge is 0.329 e. The van der Waals surface area contributed by atoms with Crippen molar-refractivity contribution in [1.82, 2.24) is 14.9 Å². The molecular formula is C14H15F2N3. The van der Waals surface area contributed by atoms with E-state index in [0.717, 1.165) is 17.5 Å². The summed E-state index contributed by atoms with van der Waals surface area (Å²) in [4.78, 5) is 4.28. The molecule has 1 aliphatic rings. The lowest BCUT2D eigenvalue weighted by atomic mass is 10.2. The van der Waals surface area contributed by atoms with Gasteiger partial charge in [-0.15, -0.1) is 0 Å².